The Morgan fingerprint density at radius 3 is 3.00 bits per heavy atom. The van der Waals surface area contributed by atoms with E-state index in [-0.39, 0.29) is 11.1 Å². The second kappa shape index (κ2) is 4.45. The van der Waals surface area contributed by atoms with Crippen molar-refractivity contribution in [2.75, 3.05) is 6.54 Å². The highest BCUT2D eigenvalue weighted by atomic mass is 16.1. The van der Waals surface area contributed by atoms with Crippen molar-refractivity contribution in [3.05, 3.63) is 27.9 Å². The number of fused-ring (bicyclic) bond motifs is 1. The van der Waals surface area contributed by atoms with Crippen molar-refractivity contribution in [1.29, 1.82) is 0 Å². The highest BCUT2D eigenvalue weighted by molar-refractivity contribution is 5.29. The summed E-state index contributed by atoms with van der Waals surface area (Å²) in [4.78, 5) is 20.8. The zero-order valence-electron chi connectivity index (χ0n) is 11.4. The fourth-order valence-corrected chi connectivity index (χ4v) is 2.97. The Morgan fingerprint density at radius 1 is 1.47 bits per heavy atom. The van der Waals surface area contributed by atoms with Gasteiger partial charge in [-0.25, -0.2) is 4.98 Å². The van der Waals surface area contributed by atoms with Gasteiger partial charge in [-0.05, 0) is 32.7 Å². The molecule has 1 atom stereocenters. The topological polar surface area (TPSA) is 75.1 Å². The second-order valence-electron chi connectivity index (χ2n) is 5.31. The van der Waals surface area contributed by atoms with Crippen LogP contribution in [0.5, 0.6) is 0 Å². The minimum absolute atomic E-state index is 0.106. The molecule has 1 unspecified atom stereocenters. The predicted octanol–water partition coefficient (Wildman–Crippen LogP) is 1.10. The molecular formula is C13H19N5O. The number of hydrogen-bond donors (Lipinski definition) is 2. The number of aromatic nitrogens is 4. The van der Waals surface area contributed by atoms with E-state index in [0.29, 0.717) is 11.5 Å². The molecule has 2 aromatic heterocycles. The van der Waals surface area contributed by atoms with E-state index >= 15 is 0 Å². The van der Waals surface area contributed by atoms with Gasteiger partial charge in [-0.1, -0.05) is 13.3 Å². The number of H-pyrrole nitrogens is 1. The van der Waals surface area contributed by atoms with Gasteiger partial charge in [0.15, 0.2) is 0 Å². The van der Waals surface area contributed by atoms with Crippen molar-refractivity contribution in [3.8, 4) is 0 Å². The van der Waals surface area contributed by atoms with Gasteiger partial charge in [0.1, 0.15) is 5.82 Å². The number of hydrogen-bond acceptors (Lipinski definition) is 4. The molecule has 3 rings (SSSR count). The molecule has 102 valence electrons. The third-order valence-corrected chi connectivity index (χ3v) is 3.83. The van der Waals surface area contributed by atoms with Gasteiger partial charge in [-0.3, -0.25) is 9.89 Å². The van der Waals surface area contributed by atoms with Crippen LogP contribution in [0.2, 0.25) is 0 Å². The van der Waals surface area contributed by atoms with Gasteiger partial charge < -0.3 is 5.32 Å². The first-order valence-electron chi connectivity index (χ1n) is 6.86. The number of aryl methyl sites for hydroxylation is 1. The van der Waals surface area contributed by atoms with Crippen LogP contribution in [-0.4, -0.2) is 26.1 Å². The van der Waals surface area contributed by atoms with Crippen molar-refractivity contribution in [1.82, 2.24) is 24.9 Å². The third kappa shape index (κ3) is 1.96. The monoisotopic (exact) mass is 261 g/mol. The summed E-state index contributed by atoms with van der Waals surface area (Å²) in [5, 5.41) is 6.67. The summed E-state index contributed by atoms with van der Waals surface area (Å²) in [7, 11) is 0. The van der Waals surface area contributed by atoms with Crippen molar-refractivity contribution in [2.24, 2.45) is 0 Å². The molecule has 0 radical (unpaired) electrons. The summed E-state index contributed by atoms with van der Waals surface area (Å²) in [6.45, 7) is 4.97. The number of nitrogens with one attached hydrogen (secondary N) is 2. The molecule has 6 heteroatoms. The maximum atomic E-state index is 11.9. The van der Waals surface area contributed by atoms with Crippen LogP contribution in [0, 0.1) is 6.92 Å². The van der Waals surface area contributed by atoms with E-state index in [9.17, 15) is 4.79 Å². The zero-order chi connectivity index (χ0) is 13.5. The number of nitrogens with zero attached hydrogens (tertiary/aromatic N) is 3. The molecule has 0 saturated carbocycles. The quantitative estimate of drug-likeness (QED) is 0.867. The number of rotatable bonds is 3. The lowest BCUT2D eigenvalue weighted by molar-refractivity contribution is 0.335. The normalized spacial score (nSPS) is 23.3. The van der Waals surface area contributed by atoms with Crippen LogP contribution in [-0.2, 0) is 5.54 Å². The predicted molar refractivity (Wildman–Crippen MR) is 72.2 cm³/mol. The molecule has 0 aliphatic carbocycles. The Hall–Kier alpha value is -1.69. The van der Waals surface area contributed by atoms with Crippen LogP contribution in [0.3, 0.4) is 0 Å². The summed E-state index contributed by atoms with van der Waals surface area (Å²) in [6.07, 6.45) is 4.28. The lowest BCUT2D eigenvalue weighted by Gasteiger charge is -2.26. The van der Waals surface area contributed by atoms with E-state index in [1.165, 1.54) is 10.6 Å². The van der Waals surface area contributed by atoms with Crippen molar-refractivity contribution in [3.63, 3.8) is 0 Å². The van der Waals surface area contributed by atoms with Crippen molar-refractivity contribution >= 4 is 5.78 Å². The first-order chi connectivity index (χ1) is 9.14. The molecule has 0 bridgehead atoms. The standard InChI is InChI=1S/C13H19N5O/c1-3-5-13(6-4-7-14-13)11-16-12-15-9(2)8-10(19)18(12)17-11/h8,14H,3-7H2,1-2H3,(H,15,16,17). The van der Waals surface area contributed by atoms with E-state index in [1.807, 2.05) is 6.92 Å². The van der Waals surface area contributed by atoms with Crippen LogP contribution in [0.4, 0.5) is 0 Å². The van der Waals surface area contributed by atoms with Gasteiger partial charge in [-0.15, -0.1) is 0 Å². The Balaban J connectivity index is 2.14. The van der Waals surface area contributed by atoms with E-state index < -0.39 is 0 Å². The van der Waals surface area contributed by atoms with Gasteiger partial charge in [0.2, 0.25) is 0 Å². The van der Waals surface area contributed by atoms with Gasteiger partial charge in [0.25, 0.3) is 11.3 Å². The molecule has 2 N–H and O–H groups in total. The summed E-state index contributed by atoms with van der Waals surface area (Å²) in [6, 6.07) is 1.52. The van der Waals surface area contributed by atoms with Crippen LogP contribution >= 0.6 is 0 Å². The maximum Gasteiger partial charge on any atom is 0.274 e. The molecule has 1 aliphatic rings. The van der Waals surface area contributed by atoms with E-state index in [4.69, 9.17) is 0 Å². The minimum Gasteiger partial charge on any atom is -0.305 e. The smallest absolute Gasteiger partial charge is 0.274 e. The lowest BCUT2D eigenvalue weighted by atomic mass is 9.91. The summed E-state index contributed by atoms with van der Waals surface area (Å²) in [5.74, 6) is 1.30. The molecule has 0 spiro atoms. The van der Waals surface area contributed by atoms with Crippen LogP contribution in [0.1, 0.15) is 44.1 Å². The fourth-order valence-electron chi connectivity index (χ4n) is 2.97. The molecule has 19 heavy (non-hydrogen) atoms. The Kier molecular flexibility index (Phi) is 2.89. The average Bonchev–Trinajstić information content (AvgIpc) is 2.96. The van der Waals surface area contributed by atoms with Gasteiger partial charge in [0, 0.05) is 11.8 Å². The first-order valence-corrected chi connectivity index (χ1v) is 6.86. The Labute approximate surface area is 111 Å². The first kappa shape index (κ1) is 12.3. The highest BCUT2D eigenvalue weighted by Crippen LogP contribution is 2.33. The largest absolute Gasteiger partial charge is 0.305 e. The molecule has 6 nitrogen and oxygen atoms in total. The maximum absolute atomic E-state index is 11.9. The van der Waals surface area contributed by atoms with Gasteiger partial charge >= 0.3 is 0 Å². The Morgan fingerprint density at radius 2 is 2.32 bits per heavy atom. The SMILES string of the molecule is CCCC1(c2nc3nc(C)cc(=O)n3[nH]2)CCCN1. The fraction of sp³-hybridized carbons (Fsp3) is 0.615. The summed E-state index contributed by atoms with van der Waals surface area (Å²) < 4.78 is 1.43. The second-order valence-corrected chi connectivity index (χ2v) is 5.31. The van der Waals surface area contributed by atoms with Crippen molar-refractivity contribution in [2.45, 2.75) is 45.1 Å². The molecule has 3 heterocycles. The van der Waals surface area contributed by atoms with Crippen LogP contribution < -0.4 is 10.9 Å². The third-order valence-electron chi connectivity index (χ3n) is 3.83. The van der Waals surface area contributed by atoms with E-state index in [2.05, 4.69) is 27.3 Å². The van der Waals surface area contributed by atoms with Gasteiger partial charge in [-0.2, -0.15) is 9.50 Å². The van der Waals surface area contributed by atoms with Crippen molar-refractivity contribution < 1.29 is 0 Å². The molecule has 2 aromatic rings. The lowest BCUT2D eigenvalue weighted by Crippen LogP contribution is -2.38. The molecule has 0 amide bonds. The molecular weight excluding hydrogens is 242 g/mol. The van der Waals surface area contributed by atoms with E-state index in [1.54, 1.807) is 0 Å². The molecule has 1 saturated heterocycles. The highest BCUT2D eigenvalue weighted by Gasteiger charge is 2.37. The summed E-state index contributed by atoms with van der Waals surface area (Å²) >= 11 is 0. The van der Waals surface area contributed by atoms with Crippen LogP contribution in [0.25, 0.3) is 5.78 Å². The summed E-state index contributed by atoms with van der Waals surface area (Å²) in [5.41, 5.74) is 0.473. The molecule has 1 fully saturated rings. The van der Waals surface area contributed by atoms with E-state index in [0.717, 1.165) is 38.1 Å². The minimum atomic E-state index is -0.122. The van der Waals surface area contributed by atoms with Gasteiger partial charge in [0.05, 0.1) is 5.54 Å². The average molecular weight is 261 g/mol. The molecule has 1 aliphatic heterocycles. The molecule has 0 aromatic carbocycles. The zero-order valence-corrected chi connectivity index (χ0v) is 11.4. The Bertz CT molecular complexity index is 651. The number of aromatic amines is 1. The van der Waals surface area contributed by atoms with Crippen LogP contribution in [0.15, 0.2) is 10.9 Å².